The number of pyridine rings is 1. The predicted molar refractivity (Wildman–Crippen MR) is 109 cm³/mol. The van der Waals surface area contributed by atoms with Gasteiger partial charge in [0.05, 0.1) is 11.8 Å². The van der Waals surface area contributed by atoms with E-state index in [4.69, 9.17) is 0 Å². The second-order valence-electron chi connectivity index (χ2n) is 7.29. The summed E-state index contributed by atoms with van der Waals surface area (Å²) in [5, 5.41) is 7.70. The third-order valence-electron chi connectivity index (χ3n) is 4.65. The van der Waals surface area contributed by atoms with E-state index < -0.39 is 18.0 Å². The zero-order valence-electron chi connectivity index (χ0n) is 17.3. The Kier molecular flexibility index (Phi) is 6.28. The SMILES string of the molecule is CCN(Cc1cccc(NC(=O)c2cnc3c(cnn3C(C)C)c2)c1)C(=O)C(F)(F)F. The lowest BCUT2D eigenvalue weighted by molar-refractivity contribution is -0.185. The van der Waals surface area contributed by atoms with E-state index in [2.05, 4.69) is 15.4 Å². The highest BCUT2D eigenvalue weighted by Crippen LogP contribution is 2.22. The van der Waals surface area contributed by atoms with Gasteiger partial charge in [-0.05, 0) is 44.5 Å². The Morgan fingerprint density at radius 3 is 2.58 bits per heavy atom. The Morgan fingerprint density at radius 2 is 1.94 bits per heavy atom. The van der Waals surface area contributed by atoms with Gasteiger partial charge in [-0.1, -0.05) is 12.1 Å². The molecule has 31 heavy (non-hydrogen) atoms. The lowest BCUT2D eigenvalue weighted by Crippen LogP contribution is -2.40. The highest BCUT2D eigenvalue weighted by molar-refractivity contribution is 6.05. The second kappa shape index (κ2) is 8.75. The fourth-order valence-corrected chi connectivity index (χ4v) is 3.12. The largest absolute Gasteiger partial charge is 0.471 e. The Hall–Kier alpha value is -3.43. The number of carbonyl (C=O) groups excluding carboxylic acids is 2. The number of nitrogens with zero attached hydrogens (tertiary/aromatic N) is 4. The van der Waals surface area contributed by atoms with Crippen molar-refractivity contribution in [1.82, 2.24) is 19.7 Å². The van der Waals surface area contributed by atoms with Crippen molar-refractivity contribution in [3.05, 3.63) is 53.9 Å². The molecule has 2 heterocycles. The third-order valence-corrected chi connectivity index (χ3v) is 4.65. The Balaban J connectivity index is 1.75. The molecule has 0 aliphatic heterocycles. The molecule has 164 valence electrons. The van der Waals surface area contributed by atoms with Gasteiger partial charge in [-0.15, -0.1) is 0 Å². The average molecular weight is 433 g/mol. The van der Waals surface area contributed by atoms with Gasteiger partial charge in [0.1, 0.15) is 0 Å². The maximum absolute atomic E-state index is 12.7. The summed E-state index contributed by atoms with van der Waals surface area (Å²) in [6.45, 7) is 5.11. The number of benzene rings is 1. The van der Waals surface area contributed by atoms with Gasteiger partial charge in [0.25, 0.3) is 5.91 Å². The lowest BCUT2D eigenvalue weighted by atomic mass is 10.1. The number of halogens is 3. The molecule has 0 aliphatic carbocycles. The summed E-state index contributed by atoms with van der Waals surface area (Å²) in [6, 6.07) is 8.15. The van der Waals surface area contributed by atoms with Crippen LogP contribution in [-0.2, 0) is 11.3 Å². The van der Waals surface area contributed by atoms with Crippen LogP contribution >= 0.6 is 0 Å². The summed E-state index contributed by atoms with van der Waals surface area (Å²) >= 11 is 0. The van der Waals surface area contributed by atoms with E-state index in [0.29, 0.717) is 27.4 Å². The molecule has 0 aliphatic rings. The number of aromatic nitrogens is 3. The van der Waals surface area contributed by atoms with Crippen LogP contribution in [0.4, 0.5) is 18.9 Å². The van der Waals surface area contributed by atoms with Gasteiger partial charge in [0, 0.05) is 36.4 Å². The number of hydrogen-bond donors (Lipinski definition) is 1. The third kappa shape index (κ3) is 5.01. The van der Waals surface area contributed by atoms with Crippen molar-refractivity contribution in [2.75, 3.05) is 11.9 Å². The molecule has 0 bridgehead atoms. The van der Waals surface area contributed by atoms with Crippen LogP contribution in [0.15, 0.2) is 42.7 Å². The number of amides is 2. The van der Waals surface area contributed by atoms with E-state index >= 15 is 0 Å². The molecule has 0 fully saturated rings. The quantitative estimate of drug-likeness (QED) is 0.633. The average Bonchev–Trinajstić information content (AvgIpc) is 3.14. The molecule has 1 aromatic carbocycles. The highest BCUT2D eigenvalue weighted by atomic mass is 19.4. The molecule has 2 aromatic heterocycles. The van der Waals surface area contributed by atoms with Gasteiger partial charge < -0.3 is 10.2 Å². The molecule has 10 heteroatoms. The van der Waals surface area contributed by atoms with Crippen molar-refractivity contribution in [1.29, 1.82) is 0 Å². The van der Waals surface area contributed by atoms with Crippen LogP contribution < -0.4 is 5.32 Å². The molecule has 0 radical (unpaired) electrons. The van der Waals surface area contributed by atoms with Crippen molar-refractivity contribution in [2.24, 2.45) is 0 Å². The van der Waals surface area contributed by atoms with Gasteiger partial charge in [-0.2, -0.15) is 18.3 Å². The molecule has 1 N–H and O–H groups in total. The maximum atomic E-state index is 12.7. The molecular formula is C21H22F3N5O2. The number of carbonyl (C=O) groups is 2. The van der Waals surface area contributed by atoms with Crippen LogP contribution in [0.3, 0.4) is 0 Å². The fourth-order valence-electron chi connectivity index (χ4n) is 3.12. The van der Waals surface area contributed by atoms with Gasteiger partial charge in [-0.3, -0.25) is 9.59 Å². The summed E-state index contributed by atoms with van der Waals surface area (Å²) in [5.74, 6) is -2.31. The molecule has 0 saturated carbocycles. The predicted octanol–water partition coefficient (Wildman–Crippen LogP) is 4.18. The van der Waals surface area contributed by atoms with Crippen molar-refractivity contribution in [3.8, 4) is 0 Å². The van der Waals surface area contributed by atoms with E-state index in [1.54, 1.807) is 35.1 Å². The van der Waals surface area contributed by atoms with E-state index in [1.807, 2.05) is 13.8 Å². The molecule has 0 atom stereocenters. The fraction of sp³-hybridized carbons (Fsp3) is 0.333. The van der Waals surface area contributed by atoms with E-state index in [0.717, 1.165) is 5.39 Å². The molecular weight excluding hydrogens is 411 g/mol. The first-order chi connectivity index (χ1) is 14.6. The van der Waals surface area contributed by atoms with Crippen LogP contribution in [0, 0.1) is 0 Å². The van der Waals surface area contributed by atoms with Gasteiger partial charge in [0.15, 0.2) is 5.65 Å². The zero-order chi connectivity index (χ0) is 22.8. The number of alkyl halides is 3. The first-order valence-electron chi connectivity index (χ1n) is 9.69. The number of hydrogen-bond acceptors (Lipinski definition) is 4. The molecule has 0 saturated heterocycles. The van der Waals surface area contributed by atoms with E-state index in [9.17, 15) is 22.8 Å². The summed E-state index contributed by atoms with van der Waals surface area (Å²) in [7, 11) is 0. The minimum Gasteiger partial charge on any atom is -0.331 e. The van der Waals surface area contributed by atoms with Gasteiger partial charge >= 0.3 is 12.1 Å². The number of rotatable bonds is 6. The first-order valence-corrected chi connectivity index (χ1v) is 9.69. The maximum Gasteiger partial charge on any atom is 0.471 e. The zero-order valence-corrected chi connectivity index (χ0v) is 17.3. The standard InChI is InChI=1S/C21H22F3N5O2/c1-4-28(20(31)21(22,23)24)12-14-6-5-7-17(8-14)27-19(30)16-9-15-11-26-29(13(2)3)18(15)25-10-16/h5-11,13H,4,12H2,1-3H3,(H,27,30). The smallest absolute Gasteiger partial charge is 0.331 e. The van der Waals surface area contributed by atoms with Gasteiger partial charge in [0.2, 0.25) is 0 Å². The topological polar surface area (TPSA) is 80.1 Å². The molecule has 3 aromatic rings. The Labute approximate surface area is 176 Å². The van der Waals surface area contributed by atoms with Crippen molar-refractivity contribution >= 4 is 28.5 Å². The number of anilines is 1. The summed E-state index contributed by atoms with van der Waals surface area (Å²) < 4.78 is 39.9. The van der Waals surface area contributed by atoms with Crippen molar-refractivity contribution in [3.63, 3.8) is 0 Å². The Morgan fingerprint density at radius 1 is 1.19 bits per heavy atom. The van der Waals surface area contributed by atoms with Crippen LogP contribution in [0.1, 0.15) is 42.7 Å². The lowest BCUT2D eigenvalue weighted by Gasteiger charge is -2.22. The van der Waals surface area contributed by atoms with E-state index in [-0.39, 0.29) is 19.1 Å². The van der Waals surface area contributed by atoms with E-state index in [1.165, 1.54) is 19.2 Å². The molecule has 3 rings (SSSR count). The first kappa shape index (κ1) is 22.3. The Bertz CT molecular complexity index is 1110. The number of fused-ring (bicyclic) bond motifs is 1. The molecule has 0 spiro atoms. The van der Waals surface area contributed by atoms with Crippen LogP contribution in [0.25, 0.3) is 11.0 Å². The second-order valence-corrected chi connectivity index (χ2v) is 7.29. The summed E-state index contributed by atoms with van der Waals surface area (Å²) in [4.78, 5) is 29.2. The summed E-state index contributed by atoms with van der Waals surface area (Å²) in [5.41, 5.74) is 1.85. The summed E-state index contributed by atoms with van der Waals surface area (Å²) in [6.07, 6.45) is -1.85. The van der Waals surface area contributed by atoms with Crippen LogP contribution in [0.2, 0.25) is 0 Å². The minimum absolute atomic E-state index is 0.0926. The van der Waals surface area contributed by atoms with Crippen molar-refractivity contribution < 1.29 is 22.8 Å². The molecule has 0 unspecified atom stereocenters. The highest BCUT2D eigenvalue weighted by Gasteiger charge is 2.41. The van der Waals surface area contributed by atoms with Crippen LogP contribution in [0.5, 0.6) is 0 Å². The van der Waals surface area contributed by atoms with Crippen molar-refractivity contribution in [2.45, 2.75) is 39.5 Å². The van der Waals surface area contributed by atoms with Crippen LogP contribution in [-0.4, -0.2) is 44.2 Å². The monoisotopic (exact) mass is 433 g/mol. The molecule has 7 nitrogen and oxygen atoms in total. The number of nitrogens with one attached hydrogen (secondary N) is 1. The van der Waals surface area contributed by atoms with Gasteiger partial charge in [-0.25, -0.2) is 9.67 Å². The molecule has 2 amide bonds. The minimum atomic E-state index is -4.93. The normalized spacial score (nSPS) is 11.7.